The summed E-state index contributed by atoms with van der Waals surface area (Å²) < 4.78 is 54.1. The quantitative estimate of drug-likeness (QED) is 0.158. The Balaban J connectivity index is 1.36. The largest absolute Gasteiger partial charge is 0.507 e. The molecule has 2 aliphatic rings. The minimum absolute atomic E-state index is 0.0893. The first-order valence-corrected chi connectivity index (χ1v) is 13.0. The van der Waals surface area contributed by atoms with Crippen molar-refractivity contribution in [2.24, 2.45) is 0 Å². The Morgan fingerprint density at radius 3 is 2.28 bits per heavy atom. The summed E-state index contributed by atoms with van der Waals surface area (Å²) in [7, 11) is -2.82. The van der Waals surface area contributed by atoms with Crippen LogP contribution in [0.1, 0.15) is 11.0 Å². The Morgan fingerprint density at radius 2 is 1.56 bits per heavy atom. The first-order valence-electron chi connectivity index (χ1n) is 14.5. The van der Waals surface area contributed by atoms with E-state index in [0.29, 0.717) is 0 Å². The molecule has 2 aliphatic heterocycles. The number of hydrogen-bond donors (Lipinski definition) is 8. The molecule has 0 radical (unpaired) electrons. The summed E-state index contributed by atoms with van der Waals surface area (Å²) in [6, 6.07) is 6.81. The zero-order chi connectivity index (χ0) is 33.7. The summed E-state index contributed by atoms with van der Waals surface area (Å²) in [5, 5.41) is 82.1. The summed E-state index contributed by atoms with van der Waals surface area (Å²) in [5.74, 6) is -1.77. The molecule has 0 amide bonds. The van der Waals surface area contributed by atoms with E-state index in [9.17, 15) is 45.6 Å². The molecule has 8 N–H and O–H groups in total. The Hall–Kier alpha value is -3.51. The highest BCUT2D eigenvalue weighted by atomic mass is 16.7. The molecule has 2 fully saturated rings. The molecule has 3 heterocycles. The zero-order valence-electron chi connectivity index (χ0n) is 25.4. The van der Waals surface area contributed by atoms with Crippen molar-refractivity contribution in [3.05, 3.63) is 46.6 Å². The molecule has 0 aliphatic carbocycles. The number of fused-ring (bicyclic) bond motifs is 1. The van der Waals surface area contributed by atoms with E-state index < -0.39 is 92.0 Å². The first kappa shape index (κ1) is 27.1. The third kappa shape index (κ3) is 5.99. The van der Waals surface area contributed by atoms with Gasteiger partial charge in [-0.1, -0.05) is 0 Å². The van der Waals surface area contributed by atoms with Gasteiger partial charge < -0.3 is 69.0 Å². The minimum Gasteiger partial charge on any atom is -0.507 e. The zero-order valence-corrected chi connectivity index (χ0v) is 22.4. The molecule has 15 nitrogen and oxygen atoms in total. The Labute approximate surface area is 247 Å². The number of phenolic OH excluding ortho intramolecular Hbond substituents is 2. The molecule has 3 aromatic rings. The van der Waals surface area contributed by atoms with Gasteiger partial charge in [0.1, 0.15) is 71.0 Å². The van der Waals surface area contributed by atoms with E-state index in [0.717, 1.165) is 24.3 Å². The van der Waals surface area contributed by atoms with Crippen LogP contribution in [0, 0.1) is 0 Å². The van der Waals surface area contributed by atoms with Gasteiger partial charge in [0, 0.05) is 23.8 Å². The fraction of sp³-hybridized carbons (Fsp3) is 0.464. The van der Waals surface area contributed by atoms with E-state index in [1.165, 1.54) is 19.1 Å². The smallest absolute Gasteiger partial charge is 0.229 e. The molecule has 5 rings (SSSR count). The molecule has 2 unspecified atom stereocenters. The molecule has 15 heteroatoms. The number of methoxy groups -OCH3 is 1. The van der Waals surface area contributed by atoms with E-state index in [2.05, 4.69) is 0 Å². The lowest BCUT2D eigenvalue weighted by atomic mass is 9.98. The number of benzene rings is 2. The van der Waals surface area contributed by atoms with E-state index >= 15 is 0 Å². The maximum atomic E-state index is 12.9. The van der Waals surface area contributed by atoms with Gasteiger partial charge in [0.2, 0.25) is 6.29 Å². The Kier molecular flexibility index (Phi) is 7.70. The van der Waals surface area contributed by atoms with Crippen LogP contribution in [0.15, 0.2) is 45.6 Å². The SMILES string of the molecule is [2H]C([2H])([2H])Oc1ccc(-c2cc(=O)c3c(O)cc(O[C@@H]4OC(CO[C@@H]5OC(C)[C@H](O)[C@H](O)[C@@H]5O)[C@@H](O)[C@@H](O)[C@@H]4O)cc3o2)cc1O. The second-order valence-corrected chi connectivity index (χ2v) is 10.2. The van der Waals surface area contributed by atoms with Crippen molar-refractivity contribution >= 4 is 11.0 Å². The first-order chi connectivity index (χ1) is 21.5. The molecule has 0 spiro atoms. The van der Waals surface area contributed by atoms with Gasteiger partial charge in [0.15, 0.2) is 23.2 Å². The average molecular weight is 612 g/mol. The molecule has 0 bridgehead atoms. The predicted molar refractivity (Wildman–Crippen MR) is 143 cm³/mol. The van der Waals surface area contributed by atoms with Gasteiger partial charge in [-0.2, -0.15) is 0 Å². The summed E-state index contributed by atoms with van der Waals surface area (Å²) in [6.07, 6.45) is -15.4. The summed E-state index contributed by atoms with van der Waals surface area (Å²) in [5.41, 5.74) is -0.745. The number of ether oxygens (including phenoxy) is 5. The van der Waals surface area contributed by atoms with Gasteiger partial charge in [-0.15, -0.1) is 0 Å². The van der Waals surface area contributed by atoms with Crippen LogP contribution in [0.3, 0.4) is 0 Å². The third-order valence-corrected chi connectivity index (χ3v) is 7.29. The summed E-state index contributed by atoms with van der Waals surface area (Å²) in [4.78, 5) is 12.9. The van der Waals surface area contributed by atoms with Crippen molar-refractivity contribution in [1.82, 2.24) is 0 Å². The fourth-order valence-electron chi connectivity index (χ4n) is 4.84. The number of aliphatic hydroxyl groups is 6. The molecular weight excluding hydrogens is 576 g/mol. The number of hydrogen-bond acceptors (Lipinski definition) is 15. The topological polar surface area (TPSA) is 238 Å². The third-order valence-electron chi connectivity index (χ3n) is 7.29. The van der Waals surface area contributed by atoms with Gasteiger partial charge >= 0.3 is 0 Å². The average Bonchev–Trinajstić information content (AvgIpc) is 2.98. The van der Waals surface area contributed by atoms with Crippen LogP contribution >= 0.6 is 0 Å². The van der Waals surface area contributed by atoms with Gasteiger partial charge in [0.25, 0.3) is 0 Å². The Bertz CT molecular complexity index is 1610. The van der Waals surface area contributed by atoms with Crippen LogP contribution in [0.4, 0.5) is 0 Å². The molecule has 1 aromatic heterocycles. The number of phenols is 2. The van der Waals surface area contributed by atoms with Crippen molar-refractivity contribution in [3.63, 3.8) is 0 Å². The second-order valence-electron chi connectivity index (χ2n) is 10.2. The number of aromatic hydroxyl groups is 2. The maximum absolute atomic E-state index is 12.9. The van der Waals surface area contributed by atoms with Gasteiger partial charge in [-0.05, 0) is 25.1 Å². The monoisotopic (exact) mass is 611 g/mol. The van der Waals surface area contributed by atoms with Gasteiger partial charge in [0.05, 0.1) is 23.9 Å². The highest BCUT2D eigenvalue weighted by molar-refractivity contribution is 5.86. The maximum Gasteiger partial charge on any atom is 0.229 e. The van der Waals surface area contributed by atoms with E-state index in [4.69, 9.17) is 32.2 Å². The highest BCUT2D eigenvalue weighted by Crippen LogP contribution is 2.35. The lowest BCUT2D eigenvalue weighted by Gasteiger charge is -2.42. The van der Waals surface area contributed by atoms with Crippen molar-refractivity contribution in [1.29, 1.82) is 0 Å². The van der Waals surface area contributed by atoms with Crippen LogP contribution in [-0.2, 0) is 14.2 Å². The van der Waals surface area contributed by atoms with Gasteiger partial charge in [-0.3, -0.25) is 4.79 Å². The van der Waals surface area contributed by atoms with Crippen LogP contribution in [-0.4, -0.2) is 116 Å². The van der Waals surface area contributed by atoms with Crippen LogP contribution in [0.2, 0.25) is 0 Å². The van der Waals surface area contributed by atoms with E-state index in [-0.39, 0.29) is 33.8 Å². The summed E-state index contributed by atoms with van der Waals surface area (Å²) in [6.45, 7) is 0.903. The highest BCUT2D eigenvalue weighted by Gasteiger charge is 2.47. The molecule has 2 saturated heterocycles. The molecule has 43 heavy (non-hydrogen) atoms. The number of rotatable bonds is 7. The van der Waals surface area contributed by atoms with Crippen LogP contribution in [0.25, 0.3) is 22.3 Å². The van der Waals surface area contributed by atoms with E-state index in [1.54, 1.807) is 0 Å². The normalized spacial score (nSPS) is 34.3. The lowest BCUT2D eigenvalue weighted by Crippen LogP contribution is -2.61. The molecule has 2 aromatic carbocycles. The molecule has 10 atom stereocenters. The van der Waals surface area contributed by atoms with Crippen LogP contribution < -0.4 is 14.9 Å². The van der Waals surface area contributed by atoms with Crippen LogP contribution in [0.5, 0.6) is 23.0 Å². The lowest BCUT2D eigenvalue weighted by molar-refractivity contribution is -0.318. The predicted octanol–water partition coefficient (Wildman–Crippen LogP) is -1.09. The molecule has 0 saturated carbocycles. The molecular formula is C28H32O15. The number of aliphatic hydroxyl groups excluding tert-OH is 6. The standard InChI is InChI=1S/C28H32O15/c1-10-21(32)23(34)25(36)27(40-10)39-9-19-22(33)24(35)26(37)28(43-19)41-12-6-14(30)20-15(31)8-17(42-18(20)7-12)11-3-4-16(38-2)13(29)5-11/h3-8,10,19,21-30,32-37H,9H2,1-2H3/t10?,19?,21-,22+,23-,24+,25-,26-,27+,28+/m0/s1/i2D3. The Morgan fingerprint density at radius 1 is 0.837 bits per heavy atom. The van der Waals surface area contributed by atoms with Crippen molar-refractivity contribution in [2.45, 2.75) is 68.3 Å². The van der Waals surface area contributed by atoms with Crippen molar-refractivity contribution < 1.29 is 73.1 Å². The fourth-order valence-corrected chi connectivity index (χ4v) is 4.84. The molecule has 234 valence electrons. The van der Waals surface area contributed by atoms with E-state index in [1.807, 2.05) is 0 Å². The van der Waals surface area contributed by atoms with Gasteiger partial charge in [-0.25, -0.2) is 0 Å². The van der Waals surface area contributed by atoms with Crippen molar-refractivity contribution in [2.75, 3.05) is 13.6 Å². The van der Waals surface area contributed by atoms with Crippen molar-refractivity contribution in [3.8, 4) is 34.3 Å². The second kappa shape index (κ2) is 12.2. The summed E-state index contributed by atoms with van der Waals surface area (Å²) >= 11 is 0. The minimum atomic E-state index is -2.82.